The lowest BCUT2D eigenvalue weighted by Crippen LogP contribution is -2.14. The van der Waals surface area contributed by atoms with Crippen LogP contribution in [0, 0.1) is 5.92 Å². The molecule has 3 nitrogen and oxygen atoms in total. The summed E-state index contributed by atoms with van der Waals surface area (Å²) in [4.78, 5) is 8.91. The third kappa shape index (κ3) is 3.53. The zero-order valence-corrected chi connectivity index (χ0v) is 11.4. The fraction of sp³-hybridized carbons (Fsp3) is 0.571. The van der Waals surface area contributed by atoms with Crippen LogP contribution in [0.25, 0.3) is 0 Å². The molecule has 0 aromatic carbocycles. The Morgan fingerprint density at radius 2 is 1.94 bits per heavy atom. The topological polar surface area (TPSA) is 35.0 Å². The van der Waals surface area contributed by atoms with Gasteiger partial charge in [0.05, 0.1) is 6.61 Å². The summed E-state index contributed by atoms with van der Waals surface area (Å²) in [5.41, 5.74) is 2.67. The first kappa shape index (κ1) is 13.5. The summed E-state index contributed by atoms with van der Waals surface area (Å²) in [6.07, 6.45) is 10.5. The molecular weight excluding hydrogens is 248 g/mol. The Labute approximate surface area is 113 Å². The molecule has 1 aliphatic rings. The van der Waals surface area contributed by atoms with E-state index in [9.17, 15) is 0 Å². The van der Waals surface area contributed by atoms with Gasteiger partial charge in [-0.1, -0.05) is 17.7 Å². The van der Waals surface area contributed by atoms with Crippen LogP contribution in [-0.4, -0.2) is 17.1 Å². The largest absolute Gasteiger partial charge is 0.380 e. The summed E-state index contributed by atoms with van der Waals surface area (Å²) < 4.78 is 5.05. The number of methoxy groups -OCH3 is 1. The molecule has 0 saturated heterocycles. The van der Waals surface area contributed by atoms with Crippen molar-refractivity contribution in [3.8, 4) is 0 Å². The van der Waals surface area contributed by atoms with Gasteiger partial charge in [-0.25, -0.2) is 9.97 Å². The van der Waals surface area contributed by atoms with Crippen LogP contribution < -0.4 is 0 Å². The van der Waals surface area contributed by atoms with E-state index in [-0.39, 0.29) is 0 Å². The highest BCUT2D eigenvalue weighted by molar-refractivity contribution is 6.25. The van der Waals surface area contributed by atoms with Gasteiger partial charge in [0.15, 0.2) is 0 Å². The Balaban J connectivity index is 1.92. The van der Waals surface area contributed by atoms with Crippen molar-refractivity contribution in [1.29, 1.82) is 0 Å². The van der Waals surface area contributed by atoms with Crippen LogP contribution in [-0.2, 0) is 11.3 Å². The Morgan fingerprint density at radius 3 is 2.50 bits per heavy atom. The summed E-state index contributed by atoms with van der Waals surface area (Å²) in [5.74, 6) is 2.11. The molecule has 0 aliphatic heterocycles. The number of rotatable bonds is 4. The highest BCUT2D eigenvalue weighted by Gasteiger charge is 2.22. The number of aromatic nitrogens is 2. The van der Waals surface area contributed by atoms with Gasteiger partial charge in [0, 0.05) is 36.5 Å². The fourth-order valence-electron chi connectivity index (χ4n) is 2.49. The predicted octanol–water partition coefficient (Wildman–Crippen LogP) is 3.65. The molecule has 0 amide bonds. The first-order valence-corrected chi connectivity index (χ1v) is 6.83. The van der Waals surface area contributed by atoms with Crippen molar-refractivity contribution < 1.29 is 4.74 Å². The van der Waals surface area contributed by atoms with E-state index >= 15 is 0 Å². The van der Waals surface area contributed by atoms with Crippen LogP contribution in [0.3, 0.4) is 0 Å². The molecule has 0 bridgehead atoms. The van der Waals surface area contributed by atoms with Crippen molar-refractivity contribution in [2.75, 3.05) is 7.11 Å². The van der Waals surface area contributed by atoms with Gasteiger partial charge < -0.3 is 4.74 Å². The highest BCUT2D eigenvalue weighted by Crippen LogP contribution is 2.34. The molecule has 1 aromatic heterocycles. The Kier molecular flexibility index (Phi) is 5.14. The summed E-state index contributed by atoms with van der Waals surface area (Å²) in [7, 11) is 1.68. The second-order valence-electron chi connectivity index (χ2n) is 4.81. The first-order valence-electron chi connectivity index (χ1n) is 6.40. The van der Waals surface area contributed by atoms with Crippen molar-refractivity contribution >= 4 is 11.6 Å². The van der Waals surface area contributed by atoms with Gasteiger partial charge in [0.25, 0.3) is 0 Å². The average molecular weight is 267 g/mol. The molecule has 0 unspecified atom stereocenters. The molecule has 0 N–H and O–H groups in total. The number of allylic oxidation sites excluding steroid dienone is 1. The zero-order valence-electron chi connectivity index (χ0n) is 10.7. The van der Waals surface area contributed by atoms with Crippen molar-refractivity contribution in [3.05, 3.63) is 35.4 Å². The molecule has 98 valence electrons. The van der Waals surface area contributed by atoms with E-state index in [1.165, 1.54) is 12.8 Å². The minimum atomic E-state index is 0.501. The van der Waals surface area contributed by atoms with Crippen LogP contribution in [0.15, 0.2) is 24.0 Å². The highest BCUT2D eigenvalue weighted by atomic mass is 35.5. The Bertz CT molecular complexity index is 383. The van der Waals surface area contributed by atoms with E-state index < -0.39 is 0 Å². The fourth-order valence-corrected chi connectivity index (χ4v) is 2.70. The number of halogens is 1. The van der Waals surface area contributed by atoms with Crippen molar-refractivity contribution in [1.82, 2.24) is 9.97 Å². The summed E-state index contributed by atoms with van der Waals surface area (Å²) in [6.45, 7) is 0.577. The normalized spacial score (nSPS) is 24.6. The van der Waals surface area contributed by atoms with Gasteiger partial charge in [0.1, 0.15) is 5.82 Å². The van der Waals surface area contributed by atoms with Gasteiger partial charge >= 0.3 is 0 Å². The van der Waals surface area contributed by atoms with Gasteiger partial charge in [-0.2, -0.15) is 0 Å². The van der Waals surface area contributed by atoms with E-state index in [0.29, 0.717) is 18.4 Å². The van der Waals surface area contributed by atoms with E-state index in [4.69, 9.17) is 16.3 Å². The number of hydrogen-bond donors (Lipinski definition) is 0. The van der Waals surface area contributed by atoms with Crippen LogP contribution in [0.5, 0.6) is 0 Å². The molecule has 1 aromatic rings. The zero-order chi connectivity index (χ0) is 12.8. The number of hydrogen-bond acceptors (Lipinski definition) is 3. The van der Waals surface area contributed by atoms with Gasteiger partial charge in [0.2, 0.25) is 0 Å². The lowest BCUT2D eigenvalue weighted by Gasteiger charge is -2.25. The maximum absolute atomic E-state index is 5.62. The van der Waals surface area contributed by atoms with E-state index in [0.717, 1.165) is 24.2 Å². The molecule has 18 heavy (non-hydrogen) atoms. The first-order chi connectivity index (χ1) is 8.83. The van der Waals surface area contributed by atoms with Gasteiger partial charge in [-0.3, -0.25) is 0 Å². The predicted molar refractivity (Wildman–Crippen MR) is 72.4 cm³/mol. The van der Waals surface area contributed by atoms with Crippen LogP contribution in [0.1, 0.15) is 43.0 Å². The maximum Gasteiger partial charge on any atom is 0.131 e. The van der Waals surface area contributed by atoms with Crippen LogP contribution >= 0.6 is 11.6 Å². The summed E-state index contributed by atoms with van der Waals surface area (Å²) in [5, 5.41) is 0. The van der Waals surface area contributed by atoms with Gasteiger partial charge in [-0.15, -0.1) is 0 Å². The van der Waals surface area contributed by atoms with Crippen molar-refractivity contribution in [2.24, 2.45) is 5.92 Å². The van der Waals surface area contributed by atoms with E-state index in [1.807, 2.05) is 12.4 Å². The van der Waals surface area contributed by atoms with Crippen LogP contribution in [0.2, 0.25) is 0 Å². The average Bonchev–Trinajstić information content (AvgIpc) is 2.41. The molecule has 1 saturated carbocycles. The van der Waals surface area contributed by atoms with E-state index in [2.05, 4.69) is 16.0 Å². The summed E-state index contributed by atoms with van der Waals surface area (Å²) >= 11 is 5.62. The third-order valence-corrected chi connectivity index (χ3v) is 3.66. The SMILES string of the molecule is COCc1cnc([C@H]2CC[C@H](/C=C/Cl)CC2)nc1. The molecule has 0 spiro atoms. The molecule has 0 radical (unpaired) electrons. The monoisotopic (exact) mass is 266 g/mol. The van der Waals surface area contributed by atoms with Crippen molar-refractivity contribution in [2.45, 2.75) is 38.2 Å². The van der Waals surface area contributed by atoms with Crippen LogP contribution in [0.4, 0.5) is 0 Å². The minimum absolute atomic E-state index is 0.501. The Morgan fingerprint density at radius 1 is 1.28 bits per heavy atom. The molecule has 0 atom stereocenters. The molecule has 1 fully saturated rings. The quantitative estimate of drug-likeness (QED) is 0.834. The molecule has 1 aliphatic carbocycles. The lowest BCUT2D eigenvalue weighted by atomic mass is 9.82. The van der Waals surface area contributed by atoms with Crippen molar-refractivity contribution in [3.63, 3.8) is 0 Å². The summed E-state index contributed by atoms with van der Waals surface area (Å²) in [6, 6.07) is 0. The lowest BCUT2D eigenvalue weighted by molar-refractivity contribution is 0.184. The second kappa shape index (κ2) is 6.86. The smallest absolute Gasteiger partial charge is 0.131 e. The standard InChI is InChI=1S/C14H19ClN2O/c1-18-10-12-8-16-14(17-9-12)13-4-2-11(3-5-13)6-7-15/h6-9,11,13H,2-5,10H2,1H3/b7-6+/t11-,13-. The third-order valence-electron chi connectivity index (χ3n) is 3.52. The number of nitrogens with zero attached hydrogens (tertiary/aromatic N) is 2. The molecule has 1 heterocycles. The number of ether oxygens (including phenoxy) is 1. The Hall–Kier alpha value is -0.930. The minimum Gasteiger partial charge on any atom is -0.380 e. The maximum atomic E-state index is 5.62. The molecule has 2 rings (SSSR count). The molecule has 4 heteroatoms. The second-order valence-corrected chi connectivity index (χ2v) is 5.06. The van der Waals surface area contributed by atoms with E-state index in [1.54, 1.807) is 12.6 Å². The molecular formula is C14H19ClN2O. The van der Waals surface area contributed by atoms with Gasteiger partial charge in [-0.05, 0) is 31.6 Å².